The molecule has 1 atom stereocenters. The molecule has 0 N–H and O–H groups in total. The molecule has 0 fully saturated rings. The van der Waals surface area contributed by atoms with Crippen molar-refractivity contribution in [3.63, 3.8) is 0 Å². The van der Waals surface area contributed by atoms with E-state index in [1.54, 1.807) is 0 Å². The Balaban J connectivity index is 3.29. The third kappa shape index (κ3) is 19.7. The second-order valence-corrected chi connectivity index (χ2v) is 6.92. The van der Waals surface area contributed by atoms with Crippen LogP contribution in [0, 0.1) is 0 Å². The van der Waals surface area contributed by atoms with Gasteiger partial charge in [-0.3, -0.25) is 0 Å². The molecule has 0 aliphatic rings. The first-order chi connectivity index (χ1) is 12.8. The molecule has 0 rings (SSSR count). The van der Waals surface area contributed by atoms with Crippen LogP contribution >= 0.6 is 0 Å². The summed E-state index contributed by atoms with van der Waals surface area (Å²) < 4.78 is 5.64. The molecular weight excluding hydrogens is 324 g/mol. The van der Waals surface area contributed by atoms with E-state index in [4.69, 9.17) is 14.5 Å². The summed E-state index contributed by atoms with van der Waals surface area (Å²) in [6, 6.07) is 0. The monoisotopic (exact) mass is 368 g/mol. The van der Waals surface area contributed by atoms with E-state index in [9.17, 15) is 0 Å². The predicted octanol–water partition coefficient (Wildman–Crippen LogP) is 7.52. The Morgan fingerprint density at radius 2 is 1.19 bits per heavy atom. The summed E-state index contributed by atoms with van der Waals surface area (Å²) in [5.41, 5.74) is 0. The number of rotatable bonds is 20. The highest BCUT2D eigenvalue weighted by atomic mass is 17.2. The van der Waals surface area contributed by atoms with Gasteiger partial charge < -0.3 is 4.74 Å². The normalized spacial score (nSPS) is 13.2. The van der Waals surface area contributed by atoms with Crippen molar-refractivity contribution in [1.82, 2.24) is 0 Å². The van der Waals surface area contributed by atoms with E-state index in [2.05, 4.69) is 38.2 Å². The van der Waals surface area contributed by atoms with Crippen LogP contribution in [0.3, 0.4) is 0 Å². The largest absolute Gasteiger partial charge is 0.349 e. The van der Waals surface area contributed by atoms with E-state index in [-0.39, 0.29) is 6.29 Å². The molecule has 0 aliphatic carbocycles. The number of unbranched alkanes of at least 4 members (excludes halogenated alkanes) is 9. The Labute approximate surface area is 163 Å². The summed E-state index contributed by atoms with van der Waals surface area (Å²) in [6.07, 6.45) is 26.4. The van der Waals surface area contributed by atoms with Gasteiger partial charge in [-0.15, -0.1) is 0 Å². The van der Waals surface area contributed by atoms with Crippen LogP contribution in [-0.2, 0) is 14.5 Å². The zero-order valence-corrected chi connectivity index (χ0v) is 17.7. The lowest BCUT2D eigenvalue weighted by atomic mass is 10.1. The fourth-order valence-electron chi connectivity index (χ4n) is 2.79. The molecule has 0 aromatic heterocycles. The van der Waals surface area contributed by atoms with E-state index in [1.165, 1.54) is 77.7 Å². The SMILES string of the molecule is CCCCC=CCCCCCCCCC=CCCOC(CCC)OOC. The van der Waals surface area contributed by atoms with Crippen LogP contribution in [0.4, 0.5) is 0 Å². The molecule has 0 spiro atoms. The molecular formula is C23H44O3. The van der Waals surface area contributed by atoms with Crippen molar-refractivity contribution >= 4 is 0 Å². The fraction of sp³-hybridized carbons (Fsp3) is 0.826. The second-order valence-electron chi connectivity index (χ2n) is 6.92. The Morgan fingerprint density at radius 1 is 0.654 bits per heavy atom. The summed E-state index contributed by atoms with van der Waals surface area (Å²) in [7, 11) is 1.53. The summed E-state index contributed by atoms with van der Waals surface area (Å²) in [6.45, 7) is 5.05. The van der Waals surface area contributed by atoms with E-state index < -0.39 is 0 Å². The Hall–Kier alpha value is -0.640. The van der Waals surface area contributed by atoms with Gasteiger partial charge in [0.25, 0.3) is 0 Å². The predicted molar refractivity (Wildman–Crippen MR) is 112 cm³/mol. The van der Waals surface area contributed by atoms with Gasteiger partial charge >= 0.3 is 0 Å². The molecule has 154 valence electrons. The molecule has 1 unspecified atom stereocenters. The maximum absolute atomic E-state index is 5.64. The number of hydrogen-bond donors (Lipinski definition) is 0. The topological polar surface area (TPSA) is 27.7 Å². The van der Waals surface area contributed by atoms with Crippen LogP contribution in [-0.4, -0.2) is 20.0 Å². The van der Waals surface area contributed by atoms with E-state index in [1.807, 2.05) is 0 Å². The minimum atomic E-state index is -0.231. The summed E-state index contributed by atoms with van der Waals surface area (Å²) >= 11 is 0. The van der Waals surface area contributed by atoms with E-state index in [0.29, 0.717) is 6.61 Å². The lowest BCUT2D eigenvalue weighted by Crippen LogP contribution is -2.17. The van der Waals surface area contributed by atoms with Crippen LogP contribution in [0.5, 0.6) is 0 Å². The minimum absolute atomic E-state index is 0.231. The van der Waals surface area contributed by atoms with Crippen LogP contribution in [0.15, 0.2) is 24.3 Å². The van der Waals surface area contributed by atoms with Gasteiger partial charge in [-0.1, -0.05) is 83.1 Å². The fourth-order valence-corrected chi connectivity index (χ4v) is 2.79. The van der Waals surface area contributed by atoms with Crippen molar-refractivity contribution in [2.24, 2.45) is 0 Å². The molecule has 0 heterocycles. The van der Waals surface area contributed by atoms with Gasteiger partial charge in [0.05, 0.1) is 13.7 Å². The van der Waals surface area contributed by atoms with E-state index >= 15 is 0 Å². The lowest BCUT2D eigenvalue weighted by Gasteiger charge is -2.14. The van der Waals surface area contributed by atoms with Crippen molar-refractivity contribution in [3.05, 3.63) is 24.3 Å². The minimum Gasteiger partial charge on any atom is -0.349 e. The van der Waals surface area contributed by atoms with Gasteiger partial charge in [0.2, 0.25) is 0 Å². The van der Waals surface area contributed by atoms with Gasteiger partial charge in [-0.25, -0.2) is 9.78 Å². The third-order valence-corrected chi connectivity index (χ3v) is 4.37. The summed E-state index contributed by atoms with van der Waals surface area (Å²) in [4.78, 5) is 9.76. The van der Waals surface area contributed by atoms with Crippen LogP contribution in [0.25, 0.3) is 0 Å². The molecule has 0 aromatic rings. The molecule has 26 heavy (non-hydrogen) atoms. The average molecular weight is 369 g/mol. The lowest BCUT2D eigenvalue weighted by molar-refractivity contribution is -0.364. The zero-order valence-electron chi connectivity index (χ0n) is 17.7. The van der Waals surface area contributed by atoms with Crippen molar-refractivity contribution in [3.8, 4) is 0 Å². The molecule has 0 amide bonds. The van der Waals surface area contributed by atoms with E-state index in [0.717, 1.165) is 19.3 Å². The Bertz CT molecular complexity index is 307. The Kier molecular flexibility index (Phi) is 21.8. The highest BCUT2D eigenvalue weighted by Gasteiger charge is 2.07. The summed E-state index contributed by atoms with van der Waals surface area (Å²) in [5, 5.41) is 0. The third-order valence-electron chi connectivity index (χ3n) is 4.37. The molecule has 0 saturated heterocycles. The van der Waals surface area contributed by atoms with Crippen molar-refractivity contribution in [1.29, 1.82) is 0 Å². The van der Waals surface area contributed by atoms with Gasteiger partial charge in [0.15, 0.2) is 6.29 Å². The van der Waals surface area contributed by atoms with Gasteiger partial charge in [0, 0.05) is 6.42 Å². The first kappa shape index (κ1) is 25.4. The number of allylic oxidation sites excluding steroid dienone is 3. The van der Waals surface area contributed by atoms with Crippen LogP contribution < -0.4 is 0 Å². The van der Waals surface area contributed by atoms with Crippen LogP contribution in [0.1, 0.15) is 104 Å². The molecule has 0 aromatic carbocycles. The van der Waals surface area contributed by atoms with Crippen molar-refractivity contribution < 1.29 is 14.5 Å². The maximum atomic E-state index is 5.64. The standard InChI is InChI=1S/C23H44O3/c1-4-6-7-8-9-10-11-12-13-14-15-16-17-18-19-20-22-25-23(21-5-2)26-24-3/h8-9,18-19,23H,4-7,10-17,20-22H2,1-3H3. The van der Waals surface area contributed by atoms with Crippen molar-refractivity contribution in [2.45, 2.75) is 110 Å². The molecule has 3 heteroatoms. The number of ether oxygens (including phenoxy) is 1. The maximum Gasteiger partial charge on any atom is 0.191 e. The highest BCUT2D eigenvalue weighted by molar-refractivity contribution is 4.82. The summed E-state index contributed by atoms with van der Waals surface area (Å²) in [5.74, 6) is 0. The average Bonchev–Trinajstić information content (AvgIpc) is 2.64. The molecule has 0 bridgehead atoms. The van der Waals surface area contributed by atoms with Crippen LogP contribution in [0.2, 0.25) is 0 Å². The molecule has 0 radical (unpaired) electrons. The second kappa shape index (κ2) is 22.4. The Morgan fingerprint density at radius 3 is 1.73 bits per heavy atom. The first-order valence-corrected chi connectivity index (χ1v) is 11.0. The molecule has 3 nitrogen and oxygen atoms in total. The first-order valence-electron chi connectivity index (χ1n) is 11.0. The smallest absolute Gasteiger partial charge is 0.191 e. The quantitative estimate of drug-likeness (QED) is 0.0731. The van der Waals surface area contributed by atoms with Gasteiger partial charge in [-0.2, -0.15) is 0 Å². The molecule has 0 saturated carbocycles. The van der Waals surface area contributed by atoms with Gasteiger partial charge in [0.1, 0.15) is 0 Å². The number of hydrogen-bond acceptors (Lipinski definition) is 3. The highest BCUT2D eigenvalue weighted by Crippen LogP contribution is 2.10. The van der Waals surface area contributed by atoms with Gasteiger partial charge in [-0.05, 0) is 38.5 Å². The molecule has 0 aliphatic heterocycles. The zero-order chi connectivity index (χ0) is 19.1. The van der Waals surface area contributed by atoms with Crippen molar-refractivity contribution in [2.75, 3.05) is 13.7 Å².